The SMILES string of the molecule is Cc1cc(Br)ccc1Nc1ccc(C(F)(F)F)cc1N. The Balaban J connectivity index is 2.30. The standard InChI is InChI=1S/C14H12BrF3N2/c1-8-6-10(15)3-5-12(8)20-13-4-2-9(7-11(13)19)14(16,17)18/h2-7,20H,19H2,1H3. The molecule has 0 fully saturated rings. The van der Waals surface area contributed by atoms with E-state index in [4.69, 9.17) is 5.73 Å². The summed E-state index contributed by atoms with van der Waals surface area (Å²) in [5.74, 6) is 0. The molecule has 20 heavy (non-hydrogen) atoms. The van der Waals surface area contributed by atoms with Gasteiger partial charge in [0.2, 0.25) is 0 Å². The highest BCUT2D eigenvalue weighted by molar-refractivity contribution is 9.10. The molecule has 0 radical (unpaired) electrons. The summed E-state index contributed by atoms with van der Waals surface area (Å²) in [6.45, 7) is 1.90. The molecule has 3 N–H and O–H groups in total. The van der Waals surface area contributed by atoms with E-state index in [1.54, 1.807) is 0 Å². The van der Waals surface area contributed by atoms with E-state index in [0.717, 1.165) is 27.9 Å². The van der Waals surface area contributed by atoms with Gasteiger partial charge in [0, 0.05) is 10.2 Å². The number of benzene rings is 2. The Morgan fingerprint density at radius 3 is 2.25 bits per heavy atom. The van der Waals surface area contributed by atoms with Crippen molar-refractivity contribution in [2.24, 2.45) is 0 Å². The van der Waals surface area contributed by atoms with Crippen LogP contribution in [0.4, 0.5) is 30.2 Å². The molecule has 0 spiro atoms. The molecule has 106 valence electrons. The molecule has 0 aliphatic heterocycles. The van der Waals surface area contributed by atoms with Gasteiger partial charge in [0.25, 0.3) is 0 Å². The maximum Gasteiger partial charge on any atom is 0.416 e. The average molecular weight is 345 g/mol. The molecule has 2 rings (SSSR count). The zero-order chi connectivity index (χ0) is 14.9. The fourth-order valence-corrected chi connectivity index (χ4v) is 2.24. The summed E-state index contributed by atoms with van der Waals surface area (Å²) in [5.41, 5.74) is 7.17. The minimum absolute atomic E-state index is 0.0575. The Morgan fingerprint density at radius 1 is 1.05 bits per heavy atom. The Labute approximate surface area is 122 Å². The van der Waals surface area contributed by atoms with E-state index >= 15 is 0 Å². The van der Waals surface area contributed by atoms with E-state index in [0.29, 0.717) is 5.69 Å². The maximum absolute atomic E-state index is 12.6. The van der Waals surface area contributed by atoms with Gasteiger partial charge in [-0.2, -0.15) is 13.2 Å². The number of rotatable bonds is 2. The first-order valence-electron chi connectivity index (χ1n) is 5.77. The van der Waals surface area contributed by atoms with E-state index in [-0.39, 0.29) is 5.69 Å². The van der Waals surface area contributed by atoms with Crippen molar-refractivity contribution in [2.75, 3.05) is 11.1 Å². The quantitative estimate of drug-likeness (QED) is 0.743. The van der Waals surface area contributed by atoms with Crippen molar-refractivity contribution >= 4 is 33.0 Å². The van der Waals surface area contributed by atoms with Crippen LogP contribution in [0.5, 0.6) is 0 Å². The molecule has 0 saturated carbocycles. The van der Waals surface area contributed by atoms with Gasteiger partial charge in [0.15, 0.2) is 0 Å². The zero-order valence-corrected chi connectivity index (χ0v) is 12.1. The Kier molecular flexibility index (Phi) is 3.94. The highest BCUT2D eigenvalue weighted by atomic mass is 79.9. The lowest BCUT2D eigenvalue weighted by atomic mass is 10.1. The van der Waals surface area contributed by atoms with Gasteiger partial charge in [-0.15, -0.1) is 0 Å². The molecule has 0 aliphatic rings. The lowest BCUT2D eigenvalue weighted by molar-refractivity contribution is -0.137. The first-order chi connectivity index (χ1) is 9.27. The third kappa shape index (κ3) is 3.25. The minimum atomic E-state index is -4.39. The van der Waals surface area contributed by atoms with Gasteiger partial charge in [-0.3, -0.25) is 0 Å². The summed E-state index contributed by atoms with van der Waals surface area (Å²) in [7, 11) is 0. The van der Waals surface area contributed by atoms with E-state index in [1.165, 1.54) is 6.07 Å². The van der Waals surface area contributed by atoms with Crippen LogP contribution >= 0.6 is 15.9 Å². The van der Waals surface area contributed by atoms with Crippen LogP contribution in [0.1, 0.15) is 11.1 Å². The Morgan fingerprint density at radius 2 is 1.70 bits per heavy atom. The van der Waals surface area contributed by atoms with Crippen LogP contribution in [0, 0.1) is 6.92 Å². The predicted molar refractivity (Wildman–Crippen MR) is 78.0 cm³/mol. The average Bonchev–Trinajstić information content (AvgIpc) is 2.33. The number of halogens is 4. The van der Waals surface area contributed by atoms with Crippen molar-refractivity contribution in [3.8, 4) is 0 Å². The molecular weight excluding hydrogens is 333 g/mol. The zero-order valence-electron chi connectivity index (χ0n) is 10.6. The smallest absolute Gasteiger partial charge is 0.397 e. The minimum Gasteiger partial charge on any atom is -0.397 e. The first-order valence-corrected chi connectivity index (χ1v) is 6.56. The molecule has 6 heteroatoms. The second kappa shape index (κ2) is 5.36. The molecule has 0 heterocycles. The number of anilines is 3. The molecule has 2 aromatic rings. The molecule has 2 aromatic carbocycles. The molecule has 2 nitrogen and oxygen atoms in total. The number of nitrogens with two attached hydrogens (primary N) is 1. The summed E-state index contributed by atoms with van der Waals surface area (Å²) < 4.78 is 38.6. The number of nitrogens with one attached hydrogen (secondary N) is 1. The van der Waals surface area contributed by atoms with Crippen molar-refractivity contribution in [2.45, 2.75) is 13.1 Å². The largest absolute Gasteiger partial charge is 0.416 e. The van der Waals surface area contributed by atoms with E-state index in [9.17, 15) is 13.2 Å². The monoisotopic (exact) mass is 344 g/mol. The molecule has 0 bridgehead atoms. The fraction of sp³-hybridized carbons (Fsp3) is 0.143. The topological polar surface area (TPSA) is 38.0 Å². The normalized spacial score (nSPS) is 11.4. The molecule has 0 aromatic heterocycles. The van der Waals surface area contributed by atoms with Crippen molar-refractivity contribution in [3.05, 3.63) is 52.0 Å². The lowest BCUT2D eigenvalue weighted by Gasteiger charge is -2.14. The van der Waals surface area contributed by atoms with Crippen LogP contribution in [0.3, 0.4) is 0 Å². The summed E-state index contributed by atoms with van der Waals surface area (Å²) in [6, 6.07) is 8.85. The first kappa shape index (κ1) is 14.7. The van der Waals surface area contributed by atoms with Crippen molar-refractivity contribution in [1.29, 1.82) is 0 Å². The van der Waals surface area contributed by atoms with Gasteiger partial charge in [-0.25, -0.2) is 0 Å². The summed E-state index contributed by atoms with van der Waals surface area (Å²) in [6.07, 6.45) is -4.39. The number of aryl methyl sites for hydroxylation is 1. The molecule has 0 saturated heterocycles. The Bertz CT molecular complexity index is 639. The second-order valence-electron chi connectivity index (χ2n) is 4.38. The van der Waals surface area contributed by atoms with Crippen LogP contribution in [-0.4, -0.2) is 0 Å². The summed E-state index contributed by atoms with van der Waals surface area (Å²) >= 11 is 3.35. The van der Waals surface area contributed by atoms with Gasteiger partial charge in [0.05, 0.1) is 16.9 Å². The van der Waals surface area contributed by atoms with Crippen molar-refractivity contribution in [3.63, 3.8) is 0 Å². The highest BCUT2D eigenvalue weighted by Crippen LogP contribution is 2.34. The molecule has 0 aliphatic carbocycles. The molecule has 0 unspecified atom stereocenters. The van der Waals surface area contributed by atoms with E-state index in [2.05, 4.69) is 21.2 Å². The van der Waals surface area contributed by atoms with Crippen molar-refractivity contribution < 1.29 is 13.2 Å². The van der Waals surface area contributed by atoms with Gasteiger partial charge < -0.3 is 11.1 Å². The third-order valence-corrected chi connectivity index (χ3v) is 3.33. The van der Waals surface area contributed by atoms with Gasteiger partial charge in [-0.05, 0) is 48.9 Å². The van der Waals surface area contributed by atoms with Crippen LogP contribution in [0.2, 0.25) is 0 Å². The van der Waals surface area contributed by atoms with Crippen LogP contribution in [-0.2, 0) is 6.18 Å². The van der Waals surface area contributed by atoms with Crippen molar-refractivity contribution in [1.82, 2.24) is 0 Å². The third-order valence-electron chi connectivity index (χ3n) is 2.84. The van der Waals surface area contributed by atoms with Crippen LogP contribution in [0.15, 0.2) is 40.9 Å². The lowest BCUT2D eigenvalue weighted by Crippen LogP contribution is -2.06. The van der Waals surface area contributed by atoms with Crippen LogP contribution in [0.25, 0.3) is 0 Å². The number of hydrogen-bond acceptors (Lipinski definition) is 2. The summed E-state index contributed by atoms with van der Waals surface area (Å²) in [5, 5.41) is 3.03. The van der Waals surface area contributed by atoms with Gasteiger partial charge in [-0.1, -0.05) is 15.9 Å². The number of nitrogen functional groups attached to an aromatic ring is 1. The predicted octanol–water partition coefficient (Wildman–Crippen LogP) is 5.10. The van der Waals surface area contributed by atoms with Gasteiger partial charge in [0.1, 0.15) is 0 Å². The Hall–Kier alpha value is -1.69. The maximum atomic E-state index is 12.6. The molecular formula is C14H12BrF3N2. The number of alkyl halides is 3. The second-order valence-corrected chi connectivity index (χ2v) is 5.30. The molecule has 0 atom stereocenters. The molecule has 0 amide bonds. The van der Waals surface area contributed by atoms with E-state index in [1.807, 2.05) is 25.1 Å². The van der Waals surface area contributed by atoms with Crippen LogP contribution < -0.4 is 11.1 Å². The number of hydrogen-bond donors (Lipinski definition) is 2. The summed E-state index contributed by atoms with van der Waals surface area (Å²) in [4.78, 5) is 0. The van der Waals surface area contributed by atoms with E-state index < -0.39 is 11.7 Å². The highest BCUT2D eigenvalue weighted by Gasteiger charge is 2.30. The van der Waals surface area contributed by atoms with Gasteiger partial charge >= 0.3 is 6.18 Å². The fourth-order valence-electron chi connectivity index (χ4n) is 1.77.